The largest absolute Gasteiger partial charge is 0.462 e. The van der Waals surface area contributed by atoms with Crippen LogP contribution in [-0.4, -0.2) is 52.0 Å². The van der Waals surface area contributed by atoms with Crippen molar-refractivity contribution in [2.24, 2.45) is 7.05 Å². The number of benzene rings is 1. The molecular weight excluding hydrogens is 358 g/mol. The van der Waals surface area contributed by atoms with Crippen molar-refractivity contribution < 1.29 is 4.42 Å². The van der Waals surface area contributed by atoms with Crippen molar-refractivity contribution in [2.45, 2.75) is 19.4 Å². The fourth-order valence-electron chi connectivity index (χ4n) is 3.71. The van der Waals surface area contributed by atoms with Gasteiger partial charge in [-0.2, -0.15) is 5.10 Å². The van der Waals surface area contributed by atoms with Gasteiger partial charge in [0.25, 0.3) is 5.56 Å². The predicted octanol–water partition coefficient (Wildman–Crippen LogP) is 1.29. The number of hydrogen-bond acceptors (Lipinski definition) is 6. The van der Waals surface area contributed by atoms with Crippen LogP contribution in [0.4, 0.5) is 5.69 Å². The van der Waals surface area contributed by atoms with Gasteiger partial charge in [-0.3, -0.25) is 14.3 Å². The maximum atomic E-state index is 12.0. The van der Waals surface area contributed by atoms with Crippen molar-refractivity contribution in [3.8, 4) is 0 Å². The second kappa shape index (κ2) is 8.02. The Labute approximate surface area is 162 Å². The molecule has 1 saturated heterocycles. The topological polar surface area (TPSA) is 76.5 Å². The van der Waals surface area contributed by atoms with Crippen molar-refractivity contribution in [3.05, 3.63) is 57.6 Å². The van der Waals surface area contributed by atoms with Crippen LogP contribution in [0.3, 0.4) is 0 Å². The Balaban J connectivity index is 1.25. The Kier molecular flexibility index (Phi) is 5.29. The number of nitrogens with zero attached hydrogens (tertiary/aromatic N) is 5. The van der Waals surface area contributed by atoms with Gasteiger partial charge in [0.15, 0.2) is 5.58 Å². The molecule has 148 valence electrons. The summed E-state index contributed by atoms with van der Waals surface area (Å²) in [6.07, 6.45) is 4.79. The van der Waals surface area contributed by atoms with E-state index in [0.717, 1.165) is 61.1 Å². The third-order valence-corrected chi connectivity index (χ3v) is 5.41. The molecule has 0 amide bonds. The normalized spacial score (nSPS) is 15.4. The van der Waals surface area contributed by atoms with E-state index in [1.807, 2.05) is 6.07 Å². The van der Waals surface area contributed by atoms with Gasteiger partial charge >= 0.3 is 5.69 Å². The first-order chi connectivity index (χ1) is 13.6. The average Bonchev–Trinajstić information content (AvgIpc) is 3.20. The molecule has 0 radical (unpaired) electrons. The van der Waals surface area contributed by atoms with Crippen LogP contribution in [0.2, 0.25) is 0 Å². The molecule has 0 N–H and O–H groups in total. The molecule has 28 heavy (non-hydrogen) atoms. The molecule has 2 aromatic heterocycles. The summed E-state index contributed by atoms with van der Waals surface area (Å²) in [6, 6.07) is 8.28. The molecule has 0 bridgehead atoms. The number of rotatable bonds is 6. The minimum Gasteiger partial charge on any atom is -0.462 e. The Bertz CT molecular complexity index is 1060. The highest BCUT2D eigenvalue weighted by molar-refractivity contribution is 5.89. The van der Waals surface area contributed by atoms with E-state index >= 15 is 0 Å². The molecular formula is C20H25N5O3. The number of aryl methyl sites for hydroxylation is 1. The Morgan fingerprint density at radius 3 is 2.64 bits per heavy atom. The average molecular weight is 383 g/mol. The summed E-state index contributed by atoms with van der Waals surface area (Å²) in [6.45, 7) is 5.50. The number of piperazine rings is 1. The van der Waals surface area contributed by atoms with Crippen molar-refractivity contribution in [2.75, 3.05) is 37.6 Å². The summed E-state index contributed by atoms with van der Waals surface area (Å²) in [7, 11) is 1.48. The number of unbranched alkanes of at least 4 members (excludes halogenated alkanes) is 1. The first-order valence-electron chi connectivity index (χ1n) is 9.70. The van der Waals surface area contributed by atoms with Crippen LogP contribution in [0.25, 0.3) is 11.0 Å². The number of hydrogen-bond donors (Lipinski definition) is 0. The lowest BCUT2D eigenvalue weighted by molar-refractivity contribution is 0.250. The van der Waals surface area contributed by atoms with Gasteiger partial charge in [0.1, 0.15) is 6.20 Å². The highest BCUT2D eigenvalue weighted by Gasteiger charge is 2.19. The van der Waals surface area contributed by atoms with Crippen LogP contribution in [0.15, 0.2) is 50.7 Å². The van der Waals surface area contributed by atoms with E-state index in [9.17, 15) is 9.59 Å². The molecule has 8 heteroatoms. The van der Waals surface area contributed by atoms with E-state index in [-0.39, 0.29) is 11.2 Å². The molecule has 3 heterocycles. The van der Waals surface area contributed by atoms with Gasteiger partial charge in [-0.1, -0.05) is 12.1 Å². The summed E-state index contributed by atoms with van der Waals surface area (Å²) in [5, 5.41) is 5.07. The van der Waals surface area contributed by atoms with E-state index < -0.39 is 0 Å². The molecule has 0 spiro atoms. The van der Waals surface area contributed by atoms with Gasteiger partial charge in [0.2, 0.25) is 0 Å². The SMILES string of the molecule is Cn1c(=O)cnn(CCCCN2CCN(c3cccc4ccoc34)CC2)c1=O. The van der Waals surface area contributed by atoms with Gasteiger partial charge < -0.3 is 9.32 Å². The first kappa shape index (κ1) is 18.5. The molecule has 1 aromatic carbocycles. The van der Waals surface area contributed by atoms with E-state index in [4.69, 9.17) is 4.42 Å². The minimum absolute atomic E-state index is 0.354. The fourth-order valence-corrected chi connectivity index (χ4v) is 3.71. The fraction of sp³-hybridized carbons (Fsp3) is 0.450. The van der Waals surface area contributed by atoms with Gasteiger partial charge in [-0.25, -0.2) is 9.48 Å². The molecule has 0 aliphatic carbocycles. The van der Waals surface area contributed by atoms with Gasteiger partial charge in [0.05, 0.1) is 12.0 Å². The Hall–Kier alpha value is -2.87. The van der Waals surface area contributed by atoms with Crippen LogP contribution in [0.1, 0.15) is 12.8 Å². The first-order valence-corrected chi connectivity index (χ1v) is 9.70. The number of furan rings is 1. The molecule has 1 aliphatic heterocycles. The maximum absolute atomic E-state index is 12.0. The van der Waals surface area contributed by atoms with E-state index in [0.29, 0.717) is 6.54 Å². The van der Waals surface area contributed by atoms with Crippen LogP contribution >= 0.6 is 0 Å². The van der Waals surface area contributed by atoms with E-state index in [1.165, 1.54) is 23.6 Å². The predicted molar refractivity (Wildman–Crippen MR) is 108 cm³/mol. The molecule has 8 nitrogen and oxygen atoms in total. The third kappa shape index (κ3) is 3.73. The van der Waals surface area contributed by atoms with Crippen LogP contribution in [0.5, 0.6) is 0 Å². The maximum Gasteiger partial charge on any atom is 0.347 e. The van der Waals surface area contributed by atoms with Crippen molar-refractivity contribution in [3.63, 3.8) is 0 Å². The zero-order chi connectivity index (χ0) is 19.5. The summed E-state index contributed by atoms with van der Waals surface area (Å²) < 4.78 is 8.12. The van der Waals surface area contributed by atoms with Crippen LogP contribution in [0, 0.1) is 0 Å². The lowest BCUT2D eigenvalue weighted by Crippen LogP contribution is -2.46. The second-order valence-electron chi connectivity index (χ2n) is 7.20. The summed E-state index contributed by atoms with van der Waals surface area (Å²) >= 11 is 0. The molecule has 4 rings (SSSR count). The van der Waals surface area contributed by atoms with Gasteiger partial charge in [0, 0.05) is 45.2 Å². The summed E-state index contributed by atoms with van der Waals surface area (Å²) in [5.41, 5.74) is 1.41. The van der Waals surface area contributed by atoms with Crippen molar-refractivity contribution >= 4 is 16.7 Å². The monoisotopic (exact) mass is 383 g/mol. The molecule has 3 aromatic rings. The number of para-hydroxylation sites is 1. The Morgan fingerprint density at radius 2 is 1.82 bits per heavy atom. The second-order valence-corrected chi connectivity index (χ2v) is 7.20. The third-order valence-electron chi connectivity index (χ3n) is 5.41. The number of anilines is 1. The van der Waals surface area contributed by atoms with Crippen LogP contribution < -0.4 is 16.1 Å². The molecule has 1 fully saturated rings. The van der Waals surface area contributed by atoms with Gasteiger partial charge in [-0.05, 0) is 31.5 Å². The zero-order valence-corrected chi connectivity index (χ0v) is 16.1. The number of fused-ring (bicyclic) bond motifs is 1. The highest BCUT2D eigenvalue weighted by Crippen LogP contribution is 2.28. The van der Waals surface area contributed by atoms with E-state index in [2.05, 4.69) is 33.1 Å². The quantitative estimate of drug-likeness (QED) is 0.597. The summed E-state index contributed by atoms with van der Waals surface area (Å²) in [4.78, 5) is 28.2. The lowest BCUT2D eigenvalue weighted by Gasteiger charge is -2.36. The van der Waals surface area contributed by atoms with Crippen LogP contribution in [-0.2, 0) is 13.6 Å². The standard InChI is InChI=1S/C20H25N5O3/c1-22-18(26)15-21-25(20(22)27)9-3-2-8-23-10-12-24(13-11-23)17-6-4-5-16-7-14-28-19(16)17/h4-7,14-15H,2-3,8-13H2,1H3. The summed E-state index contributed by atoms with van der Waals surface area (Å²) in [5.74, 6) is 0. The lowest BCUT2D eigenvalue weighted by atomic mass is 10.2. The van der Waals surface area contributed by atoms with Gasteiger partial charge in [-0.15, -0.1) is 0 Å². The molecule has 0 atom stereocenters. The highest BCUT2D eigenvalue weighted by atomic mass is 16.3. The number of aromatic nitrogens is 3. The van der Waals surface area contributed by atoms with Crippen molar-refractivity contribution in [1.29, 1.82) is 0 Å². The molecule has 0 saturated carbocycles. The zero-order valence-electron chi connectivity index (χ0n) is 16.1. The van der Waals surface area contributed by atoms with Crippen molar-refractivity contribution in [1.82, 2.24) is 19.2 Å². The molecule has 0 unspecified atom stereocenters. The van der Waals surface area contributed by atoms with E-state index in [1.54, 1.807) is 6.26 Å². The molecule has 1 aliphatic rings. The minimum atomic E-state index is -0.371. The Morgan fingerprint density at radius 1 is 1.04 bits per heavy atom. The smallest absolute Gasteiger partial charge is 0.347 e.